The summed E-state index contributed by atoms with van der Waals surface area (Å²) in [7, 11) is 0. The first kappa shape index (κ1) is 30.7. The minimum atomic E-state index is -1.18. The predicted octanol–water partition coefficient (Wildman–Crippen LogP) is 6.14. The van der Waals surface area contributed by atoms with Crippen molar-refractivity contribution in [3.63, 3.8) is 0 Å². The summed E-state index contributed by atoms with van der Waals surface area (Å²) in [5.41, 5.74) is 2.95. The molecule has 2 bridgehead atoms. The van der Waals surface area contributed by atoms with Crippen molar-refractivity contribution in [2.24, 2.45) is 0 Å². The number of amides is 1. The van der Waals surface area contributed by atoms with E-state index in [0.717, 1.165) is 56.8 Å². The molecule has 8 rings (SSSR count). The van der Waals surface area contributed by atoms with Gasteiger partial charge in [-0.15, -0.1) is 0 Å². The quantitative estimate of drug-likeness (QED) is 0.332. The van der Waals surface area contributed by atoms with Gasteiger partial charge in [-0.2, -0.15) is 0 Å². The van der Waals surface area contributed by atoms with Gasteiger partial charge in [-0.1, -0.05) is 41.4 Å². The zero-order valence-electron chi connectivity index (χ0n) is 25.8. The number of carbonyl (C=O) groups excluding carboxylic acids is 1. The minimum Gasteiger partial charge on any atom is -0.478 e. The van der Waals surface area contributed by atoms with Crippen LogP contribution in [0.2, 0.25) is 10.0 Å². The Bertz CT molecular complexity index is 1720. The Morgan fingerprint density at radius 2 is 1.55 bits per heavy atom. The Hall–Kier alpha value is -3.57. The highest BCUT2D eigenvalue weighted by molar-refractivity contribution is 6.40. The molecule has 0 spiro atoms. The van der Waals surface area contributed by atoms with Gasteiger partial charge in [-0.3, -0.25) is 9.69 Å². The molecule has 1 amide bonds. The lowest BCUT2D eigenvalue weighted by atomic mass is 9.96. The maximum Gasteiger partial charge on any atom is 0.337 e. The molecule has 2 atom stereocenters. The number of ether oxygens (including phenoxy) is 2. The average Bonchev–Trinajstić information content (AvgIpc) is 3.89. The normalized spacial score (nSPS) is 22.7. The SMILES string of the molecule is O=C(O)c1cc(F)c(-c2cccc3c2OCN(C(=O)c2c(Cl)cc(N4CCN(C5CC5)CC4)cc2Cl)C3)cc1N1C2CCC1COC2. The van der Waals surface area contributed by atoms with E-state index in [1.165, 1.54) is 17.7 Å². The monoisotopic (exact) mass is 680 g/mol. The summed E-state index contributed by atoms with van der Waals surface area (Å²) in [6, 6.07) is 12.5. The van der Waals surface area contributed by atoms with Crippen LogP contribution in [-0.4, -0.2) is 91.0 Å². The fourth-order valence-electron chi connectivity index (χ4n) is 7.68. The van der Waals surface area contributed by atoms with E-state index in [1.54, 1.807) is 18.2 Å². The first-order valence-electron chi connectivity index (χ1n) is 16.2. The number of hydrogen-bond donors (Lipinski definition) is 1. The number of benzene rings is 3. The summed E-state index contributed by atoms with van der Waals surface area (Å²) in [6.07, 6.45) is 4.35. The highest BCUT2D eigenvalue weighted by atomic mass is 35.5. The maximum absolute atomic E-state index is 15.7. The van der Waals surface area contributed by atoms with Crippen molar-refractivity contribution in [2.75, 3.05) is 55.9 Å². The second kappa shape index (κ2) is 12.1. The second-order valence-electron chi connectivity index (χ2n) is 13.1. The summed E-state index contributed by atoms with van der Waals surface area (Å²) in [4.78, 5) is 34.4. The lowest BCUT2D eigenvalue weighted by molar-refractivity contribution is 0.0516. The van der Waals surface area contributed by atoms with E-state index in [4.69, 9.17) is 32.7 Å². The van der Waals surface area contributed by atoms with E-state index in [1.807, 2.05) is 18.2 Å². The number of morpholine rings is 1. The van der Waals surface area contributed by atoms with Crippen LogP contribution in [0.25, 0.3) is 11.1 Å². The van der Waals surface area contributed by atoms with Crippen molar-refractivity contribution in [3.05, 3.63) is 75.0 Å². The van der Waals surface area contributed by atoms with Crippen LogP contribution in [0.5, 0.6) is 5.75 Å². The summed E-state index contributed by atoms with van der Waals surface area (Å²) in [6.45, 7) is 4.87. The Morgan fingerprint density at radius 3 is 2.21 bits per heavy atom. The number of rotatable bonds is 6. The number of fused-ring (bicyclic) bond motifs is 3. The number of anilines is 2. The van der Waals surface area contributed by atoms with Gasteiger partial charge < -0.3 is 29.3 Å². The van der Waals surface area contributed by atoms with Crippen LogP contribution >= 0.6 is 23.2 Å². The first-order chi connectivity index (χ1) is 22.8. The van der Waals surface area contributed by atoms with Crippen molar-refractivity contribution < 1.29 is 28.6 Å². The van der Waals surface area contributed by atoms with Crippen LogP contribution in [0.3, 0.4) is 0 Å². The first-order valence-corrected chi connectivity index (χ1v) is 17.0. The Labute approximate surface area is 282 Å². The molecule has 3 saturated heterocycles. The minimum absolute atomic E-state index is 0.0379. The molecule has 9 nitrogen and oxygen atoms in total. The molecule has 4 fully saturated rings. The molecule has 4 aliphatic heterocycles. The van der Waals surface area contributed by atoms with Gasteiger partial charge in [0.05, 0.1) is 58.7 Å². The third kappa shape index (κ3) is 5.59. The van der Waals surface area contributed by atoms with Crippen LogP contribution < -0.4 is 14.5 Å². The van der Waals surface area contributed by atoms with Crippen LogP contribution in [-0.2, 0) is 11.3 Å². The van der Waals surface area contributed by atoms with Gasteiger partial charge in [0.25, 0.3) is 5.91 Å². The molecule has 3 aromatic carbocycles. The standard InChI is InChI=1S/C35H35Cl2FN4O5/c36-28-12-24(40-10-8-39(9-11-40)21-4-5-21)13-29(37)32(28)34(43)41-16-20-2-1-3-25(33(20)47-19-41)26-15-31(27(35(44)45)14-30(26)38)42-22-6-7-23(42)18-46-17-22/h1-3,12-15,21-23H,4-11,16-19H2,(H,44,45). The Balaban J connectivity index is 1.05. The van der Waals surface area contributed by atoms with Crippen LogP contribution in [0.4, 0.5) is 15.8 Å². The fourth-order valence-corrected chi connectivity index (χ4v) is 8.32. The maximum atomic E-state index is 15.7. The third-order valence-electron chi connectivity index (χ3n) is 10.2. The number of halogens is 3. The number of aromatic carboxylic acids is 1. The van der Waals surface area contributed by atoms with Gasteiger partial charge in [0.15, 0.2) is 6.73 Å². The molecule has 246 valence electrons. The largest absolute Gasteiger partial charge is 0.478 e. The zero-order valence-corrected chi connectivity index (χ0v) is 27.3. The molecule has 0 radical (unpaired) electrons. The number of carboxylic acid groups (broad SMARTS) is 1. The van der Waals surface area contributed by atoms with E-state index in [9.17, 15) is 14.7 Å². The Morgan fingerprint density at radius 1 is 0.872 bits per heavy atom. The Kier molecular flexibility index (Phi) is 7.95. The highest BCUT2D eigenvalue weighted by Gasteiger charge is 2.40. The number of carboxylic acids is 1. The van der Waals surface area contributed by atoms with E-state index < -0.39 is 11.8 Å². The smallest absolute Gasteiger partial charge is 0.337 e. The van der Waals surface area contributed by atoms with Gasteiger partial charge in [0, 0.05) is 54.6 Å². The van der Waals surface area contributed by atoms with Gasteiger partial charge in [0.1, 0.15) is 11.6 Å². The number of piperazine rings is 1. The third-order valence-corrected chi connectivity index (χ3v) is 10.8. The molecule has 5 aliphatic rings. The van der Waals surface area contributed by atoms with Crippen molar-refractivity contribution in [1.29, 1.82) is 0 Å². The molecule has 3 aromatic rings. The molecule has 47 heavy (non-hydrogen) atoms. The van der Waals surface area contributed by atoms with Crippen molar-refractivity contribution in [2.45, 2.75) is 50.4 Å². The molecule has 1 N–H and O–H groups in total. The second-order valence-corrected chi connectivity index (χ2v) is 13.9. The van der Waals surface area contributed by atoms with E-state index in [0.29, 0.717) is 35.8 Å². The fraction of sp³-hybridized carbons (Fsp3) is 0.429. The number of nitrogens with zero attached hydrogens (tertiary/aromatic N) is 4. The van der Waals surface area contributed by atoms with Crippen LogP contribution in [0.15, 0.2) is 42.5 Å². The number of para-hydroxylation sites is 1. The molecule has 1 saturated carbocycles. The highest BCUT2D eigenvalue weighted by Crippen LogP contribution is 2.43. The van der Waals surface area contributed by atoms with Crippen molar-refractivity contribution >= 4 is 46.5 Å². The molecule has 4 heterocycles. The summed E-state index contributed by atoms with van der Waals surface area (Å²) >= 11 is 13.4. The zero-order chi connectivity index (χ0) is 32.4. The predicted molar refractivity (Wildman–Crippen MR) is 178 cm³/mol. The number of carbonyl (C=O) groups is 2. The number of hydrogen-bond acceptors (Lipinski definition) is 7. The summed E-state index contributed by atoms with van der Waals surface area (Å²) in [5.74, 6) is -1.75. The van der Waals surface area contributed by atoms with E-state index in [2.05, 4.69) is 14.7 Å². The molecular formula is C35H35Cl2FN4O5. The molecule has 12 heteroatoms. The molecule has 0 aromatic heterocycles. The van der Waals surface area contributed by atoms with Crippen LogP contribution in [0, 0.1) is 5.82 Å². The lowest BCUT2D eigenvalue weighted by Crippen LogP contribution is -2.47. The van der Waals surface area contributed by atoms with E-state index in [-0.39, 0.29) is 58.0 Å². The van der Waals surface area contributed by atoms with Gasteiger partial charge >= 0.3 is 5.97 Å². The molecule has 2 unspecified atom stereocenters. The van der Waals surface area contributed by atoms with Gasteiger partial charge in [-0.25, -0.2) is 9.18 Å². The van der Waals surface area contributed by atoms with Crippen molar-refractivity contribution in [3.8, 4) is 16.9 Å². The molecular weight excluding hydrogens is 646 g/mol. The summed E-state index contributed by atoms with van der Waals surface area (Å²) < 4.78 is 27.6. The lowest BCUT2D eigenvalue weighted by Gasteiger charge is -2.37. The average molecular weight is 682 g/mol. The van der Waals surface area contributed by atoms with Crippen molar-refractivity contribution in [1.82, 2.24) is 9.80 Å². The van der Waals surface area contributed by atoms with E-state index >= 15 is 4.39 Å². The summed E-state index contributed by atoms with van der Waals surface area (Å²) in [5, 5.41) is 10.6. The van der Waals surface area contributed by atoms with Gasteiger partial charge in [-0.05, 0) is 49.9 Å². The topological polar surface area (TPSA) is 85.8 Å². The van der Waals surface area contributed by atoms with Crippen LogP contribution in [0.1, 0.15) is 52.0 Å². The molecule has 1 aliphatic carbocycles. The van der Waals surface area contributed by atoms with Gasteiger partial charge in [0.2, 0.25) is 0 Å².